The van der Waals surface area contributed by atoms with E-state index in [2.05, 4.69) is 15.3 Å². The van der Waals surface area contributed by atoms with Gasteiger partial charge in [-0.3, -0.25) is 9.78 Å². The smallest absolute Gasteiger partial charge is 0.223 e. The lowest BCUT2D eigenvalue weighted by Crippen LogP contribution is -2.04. The van der Waals surface area contributed by atoms with Crippen LogP contribution in [0, 0.1) is 20.8 Å². The van der Waals surface area contributed by atoms with Crippen LogP contribution in [0.4, 0.5) is 5.13 Å². The molecule has 0 aliphatic heterocycles. The molecule has 0 spiro atoms. The second-order valence-electron chi connectivity index (χ2n) is 4.25. The quantitative estimate of drug-likeness (QED) is 0.903. The highest BCUT2D eigenvalue weighted by atomic mass is 32.1. The van der Waals surface area contributed by atoms with Gasteiger partial charge in [-0.25, -0.2) is 4.98 Å². The molecule has 0 aliphatic carbocycles. The molecule has 0 unspecified atom stereocenters. The van der Waals surface area contributed by atoms with Gasteiger partial charge in [0.2, 0.25) is 5.91 Å². The minimum absolute atomic E-state index is 0.0996. The van der Waals surface area contributed by atoms with E-state index in [0.29, 0.717) is 5.13 Å². The summed E-state index contributed by atoms with van der Waals surface area (Å²) in [6.45, 7) is 7.38. The fourth-order valence-corrected chi connectivity index (χ4v) is 2.83. The lowest BCUT2D eigenvalue weighted by molar-refractivity contribution is -0.114. The van der Waals surface area contributed by atoms with Gasteiger partial charge in [-0.2, -0.15) is 0 Å². The predicted molar refractivity (Wildman–Crippen MR) is 73.9 cm³/mol. The van der Waals surface area contributed by atoms with Crippen molar-refractivity contribution in [2.75, 3.05) is 5.32 Å². The third-order valence-corrected chi connectivity index (χ3v) is 3.55. The summed E-state index contributed by atoms with van der Waals surface area (Å²) in [7, 11) is 0. The van der Waals surface area contributed by atoms with Crippen LogP contribution < -0.4 is 5.32 Å². The fraction of sp³-hybridized carbons (Fsp3) is 0.308. The van der Waals surface area contributed by atoms with Crippen molar-refractivity contribution >= 4 is 22.4 Å². The SMILES string of the molecule is CC(=O)Nc1nc(C)c(-c2cc(C)nc(C)c2)s1. The van der Waals surface area contributed by atoms with Crippen molar-refractivity contribution in [3.05, 3.63) is 29.2 Å². The number of anilines is 1. The van der Waals surface area contributed by atoms with Gasteiger partial charge in [0, 0.05) is 18.3 Å². The number of nitrogens with one attached hydrogen (secondary N) is 1. The molecule has 1 N–H and O–H groups in total. The Morgan fingerprint density at radius 2 is 1.78 bits per heavy atom. The van der Waals surface area contributed by atoms with Crippen LogP contribution in [0.25, 0.3) is 10.4 Å². The van der Waals surface area contributed by atoms with Crippen molar-refractivity contribution in [3.8, 4) is 10.4 Å². The van der Waals surface area contributed by atoms with E-state index in [-0.39, 0.29) is 5.91 Å². The van der Waals surface area contributed by atoms with Crippen LogP contribution in [0.3, 0.4) is 0 Å². The largest absolute Gasteiger partial charge is 0.302 e. The first kappa shape index (κ1) is 12.7. The number of amides is 1. The molecule has 18 heavy (non-hydrogen) atoms. The molecule has 94 valence electrons. The average Bonchev–Trinajstić information content (AvgIpc) is 2.56. The summed E-state index contributed by atoms with van der Waals surface area (Å²) in [5.74, 6) is -0.0996. The third-order valence-electron chi connectivity index (χ3n) is 2.42. The first-order valence-electron chi connectivity index (χ1n) is 5.66. The molecule has 0 radical (unpaired) electrons. The molecule has 0 saturated carbocycles. The molecule has 5 heteroatoms. The van der Waals surface area contributed by atoms with Crippen LogP contribution in [-0.2, 0) is 4.79 Å². The van der Waals surface area contributed by atoms with Gasteiger partial charge in [0.05, 0.1) is 10.6 Å². The van der Waals surface area contributed by atoms with E-state index in [1.165, 1.54) is 18.3 Å². The monoisotopic (exact) mass is 261 g/mol. The van der Waals surface area contributed by atoms with Gasteiger partial charge >= 0.3 is 0 Å². The van der Waals surface area contributed by atoms with Crippen molar-refractivity contribution in [1.82, 2.24) is 9.97 Å². The number of nitrogens with zero attached hydrogens (tertiary/aromatic N) is 2. The maximum absolute atomic E-state index is 11.0. The van der Waals surface area contributed by atoms with E-state index >= 15 is 0 Å². The Labute approximate surface area is 110 Å². The molecule has 1 amide bonds. The number of hydrogen-bond acceptors (Lipinski definition) is 4. The molecule has 0 saturated heterocycles. The van der Waals surface area contributed by atoms with Gasteiger partial charge in [-0.1, -0.05) is 11.3 Å². The standard InChI is InChI=1S/C13H15N3OS/c1-7-5-11(6-8(2)14-7)12-9(3)15-13(18-12)16-10(4)17/h5-6H,1-4H3,(H,15,16,17). The maximum atomic E-state index is 11.0. The predicted octanol–water partition coefficient (Wildman–Crippen LogP) is 3.09. The fourth-order valence-electron chi connectivity index (χ4n) is 1.83. The molecule has 0 fully saturated rings. The second-order valence-corrected chi connectivity index (χ2v) is 5.25. The van der Waals surface area contributed by atoms with E-state index in [4.69, 9.17) is 0 Å². The van der Waals surface area contributed by atoms with Crippen molar-refractivity contribution < 1.29 is 4.79 Å². The number of rotatable bonds is 2. The summed E-state index contributed by atoms with van der Waals surface area (Å²) in [5.41, 5.74) is 4.00. The van der Waals surface area contributed by atoms with Gasteiger partial charge < -0.3 is 5.32 Å². The van der Waals surface area contributed by atoms with Gasteiger partial charge in [0.15, 0.2) is 5.13 Å². The Morgan fingerprint density at radius 1 is 1.17 bits per heavy atom. The molecule has 0 aliphatic rings. The molecule has 2 aromatic rings. The van der Waals surface area contributed by atoms with Gasteiger partial charge in [-0.05, 0) is 38.5 Å². The van der Waals surface area contributed by atoms with Crippen molar-refractivity contribution in [3.63, 3.8) is 0 Å². The van der Waals surface area contributed by atoms with Crippen molar-refractivity contribution in [1.29, 1.82) is 0 Å². The molecular weight excluding hydrogens is 246 g/mol. The second kappa shape index (κ2) is 4.86. The number of carbonyl (C=O) groups excluding carboxylic acids is 1. The number of aryl methyl sites for hydroxylation is 3. The molecule has 2 rings (SSSR count). The lowest BCUT2D eigenvalue weighted by Gasteiger charge is -2.02. The molecule has 2 heterocycles. The van der Waals surface area contributed by atoms with E-state index in [9.17, 15) is 4.79 Å². The highest BCUT2D eigenvalue weighted by Crippen LogP contribution is 2.33. The number of pyridine rings is 1. The zero-order valence-corrected chi connectivity index (χ0v) is 11.7. The highest BCUT2D eigenvalue weighted by molar-refractivity contribution is 7.19. The van der Waals surface area contributed by atoms with Crippen LogP contribution >= 0.6 is 11.3 Å². The highest BCUT2D eigenvalue weighted by Gasteiger charge is 2.11. The summed E-state index contributed by atoms with van der Waals surface area (Å²) >= 11 is 1.49. The summed E-state index contributed by atoms with van der Waals surface area (Å²) in [6, 6.07) is 4.07. The minimum atomic E-state index is -0.0996. The van der Waals surface area contributed by atoms with Gasteiger partial charge in [-0.15, -0.1) is 0 Å². The van der Waals surface area contributed by atoms with Crippen LogP contribution in [-0.4, -0.2) is 15.9 Å². The normalized spacial score (nSPS) is 10.4. The lowest BCUT2D eigenvalue weighted by atomic mass is 10.1. The number of aromatic nitrogens is 2. The Kier molecular flexibility index (Phi) is 3.43. The zero-order chi connectivity index (χ0) is 13.3. The zero-order valence-electron chi connectivity index (χ0n) is 10.9. The average molecular weight is 261 g/mol. The van der Waals surface area contributed by atoms with E-state index in [1.807, 2.05) is 32.9 Å². The maximum Gasteiger partial charge on any atom is 0.223 e. The van der Waals surface area contributed by atoms with E-state index < -0.39 is 0 Å². The van der Waals surface area contributed by atoms with Crippen LogP contribution in [0.5, 0.6) is 0 Å². The van der Waals surface area contributed by atoms with E-state index in [0.717, 1.165) is 27.5 Å². The first-order valence-corrected chi connectivity index (χ1v) is 6.48. The number of hydrogen-bond donors (Lipinski definition) is 1. The van der Waals surface area contributed by atoms with Crippen LogP contribution in [0.1, 0.15) is 24.0 Å². The summed E-state index contributed by atoms with van der Waals surface area (Å²) in [4.78, 5) is 20.8. The molecular formula is C13H15N3OS. The molecule has 0 atom stereocenters. The Balaban J connectivity index is 2.44. The summed E-state index contributed by atoms with van der Waals surface area (Å²) in [5, 5.41) is 3.36. The Bertz CT molecular complexity index is 584. The molecule has 0 bridgehead atoms. The molecule has 4 nitrogen and oxygen atoms in total. The van der Waals surface area contributed by atoms with Gasteiger partial charge in [0.1, 0.15) is 0 Å². The number of thiazole rings is 1. The van der Waals surface area contributed by atoms with Crippen molar-refractivity contribution in [2.45, 2.75) is 27.7 Å². The van der Waals surface area contributed by atoms with E-state index in [1.54, 1.807) is 0 Å². The Hall–Kier alpha value is -1.75. The third kappa shape index (κ3) is 2.73. The van der Waals surface area contributed by atoms with Crippen molar-refractivity contribution in [2.24, 2.45) is 0 Å². The first-order chi connectivity index (χ1) is 8.45. The number of carbonyl (C=O) groups is 1. The minimum Gasteiger partial charge on any atom is -0.302 e. The summed E-state index contributed by atoms with van der Waals surface area (Å²) in [6.07, 6.45) is 0. The van der Waals surface area contributed by atoms with Crippen LogP contribution in [0.15, 0.2) is 12.1 Å². The molecule has 0 aromatic carbocycles. The van der Waals surface area contributed by atoms with Crippen LogP contribution in [0.2, 0.25) is 0 Å². The topological polar surface area (TPSA) is 54.9 Å². The Morgan fingerprint density at radius 3 is 2.33 bits per heavy atom. The van der Waals surface area contributed by atoms with Gasteiger partial charge in [0.25, 0.3) is 0 Å². The molecule has 2 aromatic heterocycles. The summed E-state index contributed by atoms with van der Waals surface area (Å²) < 4.78 is 0.